The Morgan fingerprint density at radius 3 is 2.96 bits per heavy atom. The molecule has 126 valence electrons. The molecule has 1 aliphatic rings. The average Bonchev–Trinajstić information content (AvgIpc) is 3.02. The number of nitrogens with zero attached hydrogens (tertiary/aromatic N) is 3. The predicted octanol–water partition coefficient (Wildman–Crippen LogP) is 2.47. The van der Waals surface area contributed by atoms with Crippen LogP contribution in [-0.4, -0.2) is 33.8 Å². The van der Waals surface area contributed by atoms with Gasteiger partial charge in [-0.15, -0.1) is 0 Å². The Kier molecular flexibility index (Phi) is 4.85. The molecule has 1 fully saturated rings. The van der Waals surface area contributed by atoms with Gasteiger partial charge in [0.05, 0.1) is 16.8 Å². The van der Waals surface area contributed by atoms with Gasteiger partial charge >= 0.3 is 0 Å². The minimum absolute atomic E-state index is 0.113. The van der Waals surface area contributed by atoms with Crippen LogP contribution in [-0.2, 0) is 11.3 Å². The Morgan fingerprint density at radius 1 is 1.42 bits per heavy atom. The van der Waals surface area contributed by atoms with Crippen molar-refractivity contribution < 1.29 is 14.5 Å². The molecule has 0 saturated carbocycles. The van der Waals surface area contributed by atoms with Gasteiger partial charge in [0.2, 0.25) is 0 Å². The van der Waals surface area contributed by atoms with Crippen LogP contribution in [0.2, 0.25) is 0 Å². The standard InChI is InChI=1S/C16H18N4O4/c21-16(13-2-1-3-15(8-13)20(22)23)18-14-9-17-19(11-14)10-12-4-6-24-7-5-12/h1-3,8-9,11-12H,4-7,10H2,(H,18,21). The van der Waals surface area contributed by atoms with Gasteiger partial charge in [0.15, 0.2) is 0 Å². The van der Waals surface area contributed by atoms with Gasteiger partial charge in [0.25, 0.3) is 11.6 Å². The van der Waals surface area contributed by atoms with E-state index in [9.17, 15) is 14.9 Å². The molecule has 2 heterocycles. The van der Waals surface area contributed by atoms with E-state index < -0.39 is 10.8 Å². The fraction of sp³-hybridized carbons (Fsp3) is 0.375. The minimum Gasteiger partial charge on any atom is -0.381 e. The lowest BCUT2D eigenvalue weighted by Gasteiger charge is -2.21. The van der Waals surface area contributed by atoms with Crippen LogP contribution in [0.25, 0.3) is 0 Å². The maximum Gasteiger partial charge on any atom is 0.270 e. The summed E-state index contributed by atoms with van der Waals surface area (Å²) >= 11 is 0. The van der Waals surface area contributed by atoms with E-state index in [2.05, 4.69) is 10.4 Å². The summed E-state index contributed by atoms with van der Waals surface area (Å²) in [5.41, 5.74) is 0.692. The first kappa shape index (κ1) is 16.1. The van der Waals surface area contributed by atoms with Crippen molar-refractivity contribution in [3.05, 3.63) is 52.3 Å². The summed E-state index contributed by atoms with van der Waals surface area (Å²) < 4.78 is 7.14. The van der Waals surface area contributed by atoms with Gasteiger partial charge in [-0.05, 0) is 24.8 Å². The highest BCUT2D eigenvalue weighted by Crippen LogP contribution is 2.18. The van der Waals surface area contributed by atoms with Crippen LogP contribution in [0.3, 0.4) is 0 Å². The molecule has 8 heteroatoms. The summed E-state index contributed by atoms with van der Waals surface area (Å²) in [6.07, 6.45) is 5.36. The number of benzene rings is 1. The molecule has 1 aromatic heterocycles. The van der Waals surface area contributed by atoms with E-state index in [1.165, 1.54) is 24.3 Å². The summed E-state index contributed by atoms with van der Waals surface area (Å²) in [6.45, 7) is 2.35. The molecule has 1 aromatic carbocycles. The van der Waals surface area contributed by atoms with Crippen LogP contribution in [0.4, 0.5) is 11.4 Å². The van der Waals surface area contributed by atoms with E-state index in [0.29, 0.717) is 11.6 Å². The Balaban J connectivity index is 1.62. The average molecular weight is 330 g/mol. The molecule has 0 radical (unpaired) electrons. The number of nitro groups is 1. The zero-order valence-electron chi connectivity index (χ0n) is 13.1. The second kappa shape index (κ2) is 7.22. The molecule has 1 saturated heterocycles. The lowest BCUT2D eigenvalue weighted by Crippen LogP contribution is -2.20. The summed E-state index contributed by atoms with van der Waals surface area (Å²) in [7, 11) is 0. The number of hydrogen-bond acceptors (Lipinski definition) is 5. The summed E-state index contributed by atoms with van der Waals surface area (Å²) in [5.74, 6) is 0.128. The number of non-ortho nitro benzene ring substituents is 1. The summed E-state index contributed by atoms with van der Waals surface area (Å²) in [5, 5.41) is 17.7. The number of aromatic nitrogens is 2. The topological polar surface area (TPSA) is 99.3 Å². The van der Waals surface area contributed by atoms with Crippen molar-refractivity contribution >= 4 is 17.3 Å². The minimum atomic E-state index is -0.525. The number of amides is 1. The van der Waals surface area contributed by atoms with Crippen molar-refractivity contribution in [1.29, 1.82) is 0 Å². The third-order valence-electron chi connectivity index (χ3n) is 4.00. The molecule has 8 nitrogen and oxygen atoms in total. The summed E-state index contributed by atoms with van der Waals surface area (Å²) in [4.78, 5) is 22.5. The number of carbonyl (C=O) groups excluding carboxylic acids is 1. The number of hydrogen-bond donors (Lipinski definition) is 1. The molecule has 24 heavy (non-hydrogen) atoms. The van der Waals surface area contributed by atoms with Gasteiger partial charge in [-0.1, -0.05) is 6.07 Å². The van der Waals surface area contributed by atoms with E-state index in [0.717, 1.165) is 32.6 Å². The molecule has 0 bridgehead atoms. The van der Waals surface area contributed by atoms with Crippen LogP contribution in [0, 0.1) is 16.0 Å². The molecule has 0 atom stereocenters. The van der Waals surface area contributed by atoms with Crippen LogP contribution in [0.15, 0.2) is 36.7 Å². The summed E-state index contributed by atoms with van der Waals surface area (Å²) in [6, 6.07) is 5.63. The SMILES string of the molecule is O=C(Nc1cnn(CC2CCOCC2)c1)c1cccc([N+](=O)[O-])c1. The maximum absolute atomic E-state index is 12.2. The van der Waals surface area contributed by atoms with Gasteiger partial charge < -0.3 is 10.1 Å². The van der Waals surface area contributed by atoms with Gasteiger partial charge in [0, 0.05) is 43.7 Å². The first-order valence-corrected chi connectivity index (χ1v) is 7.78. The van der Waals surface area contributed by atoms with Gasteiger partial charge in [-0.2, -0.15) is 5.10 Å². The zero-order chi connectivity index (χ0) is 16.9. The second-order valence-corrected chi connectivity index (χ2v) is 5.77. The monoisotopic (exact) mass is 330 g/mol. The van der Waals surface area contributed by atoms with Crippen molar-refractivity contribution in [2.75, 3.05) is 18.5 Å². The first-order chi connectivity index (χ1) is 11.6. The van der Waals surface area contributed by atoms with Crippen molar-refractivity contribution in [3.63, 3.8) is 0 Å². The largest absolute Gasteiger partial charge is 0.381 e. The normalized spacial score (nSPS) is 15.2. The second-order valence-electron chi connectivity index (χ2n) is 5.77. The lowest BCUT2D eigenvalue weighted by molar-refractivity contribution is -0.384. The molecule has 0 aliphatic carbocycles. The predicted molar refractivity (Wildman–Crippen MR) is 86.8 cm³/mol. The molecule has 2 aromatic rings. The number of anilines is 1. The smallest absolute Gasteiger partial charge is 0.270 e. The van der Waals surface area contributed by atoms with E-state index in [1.54, 1.807) is 17.1 Å². The van der Waals surface area contributed by atoms with E-state index in [-0.39, 0.29) is 11.3 Å². The third kappa shape index (κ3) is 3.96. The highest BCUT2D eigenvalue weighted by atomic mass is 16.6. The molecule has 0 unspecified atom stereocenters. The van der Waals surface area contributed by atoms with Gasteiger partial charge in [-0.25, -0.2) is 0 Å². The van der Waals surface area contributed by atoms with Crippen LogP contribution >= 0.6 is 0 Å². The highest BCUT2D eigenvalue weighted by Gasteiger charge is 2.16. The Bertz CT molecular complexity index is 737. The number of carbonyl (C=O) groups is 1. The molecule has 1 amide bonds. The number of rotatable bonds is 5. The Morgan fingerprint density at radius 2 is 2.21 bits per heavy atom. The first-order valence-electron chi connectivity index (χ1n) is 7.78. The number of nitrogens with one attached hydrogen (secondary N) is 1. The van der Waals surface area contributed by atoms with Crippen molar-refractivity contribution in [2.24, 2.45) is 5.92 Å². The van der Waals surface area contributed by atoms with Crippen LogP contribution in [0.1, 0.15) is 23.2 Å². The van der Waals surface area contributed by atoms with E-state index in [1.807, 2.05) is 0 Å². The Labute approximate surface area is 138 Å². The van der Waals surface area contributed by atoms with Gasteiger partial charge in [0.1, 0.15) is 0 Å². The zero-order valence-corrected chi connectivity index (χ0v) is 13.1. The lowest BCUT2D eigenvalue weighted by atomic mass is 10.0. The van der Waals surface area contributed by atoms with E-state index in [4.69, 9.17) is 4.74 Å². The van der Waals surface area contributed by atoms with Crippen LogP contribution < -0.4 is 5.32 Å². The van der Waals surface area contributed by atoms with Gasteiger partial charge in [-0.3, -0.25) is 19.6 Å². The fourth-order valence-electron chi connectivity index (χ4n) is 2.69. The molecular weight excluding hydrogens is 312 g/mol. The number of nitro benzene ring substituents is 1. The van der Waals surface area contributed by atoms with Crippen molar-refractivity contribution in [1.82, 2.24) is 9.78 Å². The van der Waals surface area contributed by atoms with Crippen molar-refractivity contribution in [3.8, 4) is 0 Å². The molecule has 1 aliphatic heterocycles. The fourth-order valence-corrected chi connectivity index (χ4v) is 2.69. The molecule has 1 N–H and O–H groups in total. The highest BCUT2D eigenvalue weighted by molar-refractivity contribution is 6.04. The van der Waals surface area contributed by atoms with Crippen molar-refractivity contribution in [2.45, 2.75) is 19.4 Å². The van der Waals surface area contributed by atoms with E-state index >= 15 is 0 Å². The maximum atomic E-state index is 12.2. The quantitative estimate of drug-likeness (QED) is 0.670. The van der Waals surface area contributed by atoms with Crippen LogP contribution in [0.5, 0.6) is 0 Å². The Hall–Kier alpha value is -2.74. The molecular formula is C16H18N4O4. The molecule has 3 rings (SSSR count). The number of ether oxygens (including phenoxy) is 1. The molecule has 0 spiro atoms. The third-order valence-corrected chi connectivity index (χ3v) is 4.00.